The summed E-state index contributed by atoms with van der Waals surface area (Å²) in [5.41, 5.74) is 3.57. The predicted octanol–water partition coefficient (Wildman–Crippen LogP) is 3.58. The van der Waals surface area contributed by atoms with Gasteiger partial charge >= 0.3 is 0 Å². The van der Waals surface area contributed by atoms with Crippen LogP contribution in [0.3, 0.4) is 0 Å². The smallest absolute Gasteiger partial charge is 0.246 e. The molecule has 3 fully saturated rings. The highest BCUT2D eigenvalue weighted by atomic mass is 19.1. The van der Waals surface area contributed by atoms with Crippen LogP contribution in [0.15, 0.2) is 42.7 Å². The molecule has 9 nitrogen and oxygen atoms in total. The normalized spacial score (nSPS) is 20.9. The molecule has 0 bridgehead atoms. The molecule has 1 atom stereocenters. The van der Waals surface area contributed by atoms with E-state index >= 15 is 4.39 Å². The minimum absolute atomic E-state index is 0.118. The summed E-state index contributed by atoms with van der Waals surface area (Å²) in [6.45, 7) is 12.9. The van der Waals surface area contributed by atoms with Crippen LogP contribution >= 0.6 is 0 Å². The largest absolute Gasteiger partial charge is 0.390 e. The molecule has 0 amide bonds. The van der Waals surface area contributed by atoms with E-state index in [1.807, 2.05) is 19.9 Å². The van der Waals surface area contributed by atoms with Crippen molar-refractivity contribution in [2.75, 3.05) is 67.6 Å². The van der Waals surface area contributed by atoms with Crippen molar-refractivity contribution in [1.29, 1.82) is 0 Å². The molecular formula is C29H38FN7O2. The van der Waals surface area contributed by atoms with Crippen LogP contribution in [-0.2, 0) is 4.74 Å². The van der Waals surface area contributed by atoms with Gasteiger partial charge < -0.3 is 25.0 Å². The molecule has 0 aliphatic carbocycles. The topological polar surface area (TPSA) is 81.9 Å². The molecule has 3 saturated heterocycles. The number of halogens is 1. The van der Waals surface area contributed by atoms with Gasteiger partial charge in [-0.25, -0.2) is 9.07 Å². The second kappa shape index (κ2) is 10.4. The number of para-hydroxylation sites is 1. The summed E-state index contributed by atoms with van der Waals surface area (Å²) in [6, 6.07) is 12.1. The van der Waals surface area contributed by atoms with E-state index in [0.717, 1.165) is 69.3 Å². The van der Waals surface area contributed by atoms with Crippen molar-refractivity contribution in [2.24, 2.45) is 5.92 Å². The molecule has 2 aromatic carbocycles. The van der Waals surface area contributed by atoms with Gasteiger partial charge in [0.2, 0.25) is 5.95 Å². The fourth-order valence-corrected chi connectivity index (χ4v) is 5.90. The van der Waals surface area contributed by atoms with Crippen LogP contribution < -0.4 is 15.1 Å². The highest BCUT2D eigenvalue weighted by molar-refractivity contribution is 5.66. The van der Waals surface area contributed by atoms with Gasteiger partial charge in [0.1, 0.15) is 12.0 Å². The molecule has 3 aromatic rings. The molecule has 4 heterocycles. The number of ether oxygens (including phenoxy) is 1. The number of rotatable bonds is 7. The van der Waals surface area contributed by atoms with Gasteiger partial charge in [0.25, 0.3) is 0 Å². The first-order valence-electron chi connectivity index (χ1n) is 13.9. The second-order valence-corrected chi connectivity index (χ2v) is 11.6. The summed E-state index contributed by atoms with van der Waals surface area (Å²) >= 11 is 0. The first kappa shape index (κ1) is 26.0. The third-order valence-corrected chi connectivity index (χ3v) is 8.35. The number of hydrogen-bond acceptors (Lipinski definition) is 8. The van der Waals surface area contributed by atoms with Gasteiger partial charge in [-0.2, -0.15) is 4.98 Å². The fourth-order valence-electron chi connectivity index (χ4n) is 5.90. The Kier molecular flexibility index (Phi) is 6.95. The SMILES string of the molecule is Cc1cc(Nc2ncn(-c3c(F)cccc3N3CC[C@@H](C(C)(C)O)C3)n2)cc(N2CCN(C3COC3)CC2)c1. The van der Waals surface area contributed by atoms with Crippen LogP contribution in [0.25, 0.3) is 5.69 Å². The van der Waals surface area contributed by atoms with Gasteiger partial charge in [-0.1, -0.05) is 6.07 Å². The monoisotopic (exact) mass is 535 g/mol. The third kappa shape index (κ3) is 5.46. The fraction of sp³-hybridized carbons (Fsp3) is 0.517. The van der Waals surface area contributed by atoms with E-state index in [-0.39, 0.29) is 11.7 Å². The van der Waals surface area contributed by atoms with Gasteiger partial charge in [0.05, 0.1) is 30.5 Å². The van der Waals surface area contributed by atoms with E-state index in [4.69, 9.17) is 4.74 Å². The molecule has 0 spiro atoms. The van der Waals surface area contributed by atoms with Crippen LogP contribution in [0.4, 0.5) is 27.4 Å². The summed E-state index contributed by atoms with van der Waals surface area (Å²) in [4.78, 5) is 11.5. The number of hydrogen-bond donors (Lipinski definition) is 2. The van der Waals surface area contributed by atoms with Crippen molar-refractivity contribution in [2.45, 2.75) is 38.8 Å². The van der Waals surface area contributed by atoms with Crippen LogP contribution in [-0.4, -0.2) is 88.9 Å². The molecule has 3 aliphatic rings. The van der Waals surface area contributed by atoms with E-state index < -0.39 is 5.60 Å². The average molecular weight is 536 g/mol. The zero-order valence-electron chi connectivity index (χ0n) is 23.0. The highest BCUT2D eigenvalue weighted by Gasteiger charge is 2.35. The molecule has 0 saturated carbocycles. The highest BCUT2D eigenvalue weighted by Crippen LogP contribution is 2.35. The maximum atomic E-state index is 15.2. The Bertz CT molecular complexity index is 1310. The quantitative estimate of drug-likeness (QED) is 0.475. The summed E-state index contributed by atoms with van der Waals surface area (Å²) in [7, 11) is 0. The van der Waals surface area contributed by atoms with E-state index in [9.17, 15) is 5.11 Å². The molecule has 39 heavy (non-hydrogen) atoms. The molecular weight excluding hydrogens is 497 g/mol. The van der Waals surface area contributed by atoms with Crippen LogP contribution in [0.2, 0.25) is 0 Å². The number of aryl methyl sites for hydroxylation is 1. The molecule has 1 aromatic heterocycles. The van der Waals surface area contributed by atoms with Gasteiger partial charge in [-0.3, -0.25) is 4.90 Å². The predicted molar refractivity (Wildman–Crippen MR) is 151 cm³/mol. The minimum Gasteiger partial charge on any atom is -0.390 e. The maximum absolute atomic E-state index is 15.2. The van der Waals surface area contributed by atoms with Gasteiger partial charge in [0.15, 0.2) is 5.82 Å². The molecule has 6 rings (SSSR count). The molecule has 0 unspecified atom stereocenters. The third-order valence-electron chi connectivity index (χ3n) is 8.35. The van der Waals surface area contributed by atoms with Crippen molar-refractivity contribution < 1.29 is 14.2 Å². The van der Waals surface area contributed by atoms with Crippen molar-refractivity contribution in [1.82, 2.24) is 19.7 Å². The molecule has 10 heteroatoms. The van der Waals surface area contributed by atoms with E-state index in [2.05, 4.69) is 55.2 Å². The average Bonchev–Trinajstić information content (AvgIpc) is 3.53. The summed E-state index contributed by atoms with van der Waals surface area (Å²) in [5.74, 6) is 0.166. The Morgan fingerprint density at radius 3 is 2.54 bits per heavy atom. The molecule has 0 radical (unpaired) electrons. The number of aromatic nitrogens is 3. The number of aliphatic hydroxyl groups is 1. The Morgan fingerprint density at radius 1 is 1.05 bits per heavy atom. The summed E-state index contributed by atoms with van der Waals surface area (Å²) < 4.78 is 22.0. The lowest BCUT2D eigenvalue weighted by molar-refractivity contribution is -0.0660. The van der Waals surface area contributed by atoms with Crippen molar-refractivity contribution >= 4 is 23.0 Å². The first-order chi connectivity index (χ1) is 18.7. The summed E-state index contributed by atoms with van der Waals surface area (Å²) in [6.07, 6.45) is 2.40. The number of benzene rings is 2. The lowest BCUT2D eigenvalue weighted by Gasteiger charge is -2.43. The Morgan fingerprint density at radius 2 is 1.85 bits per heavy atom. The Hall–Kier alpha value is -3.21. The van der Waals surface area contributed by atoms with Crippen molar-refractivity contribution in [3.8, 4) is 5.69 Å². The Labute approximate surface area is 229 Å². The number of nitrogens with one attached hydrogen (secondary N) is 1. The summed E-state index contributed by atoms with van der Waals surface area (Å²) in [5, 5.41) is 18.4. The number of nitrogens with zero attached hydrogens (tertiary/aromatic N) is 6. The van der Waals surface area contributed by atoms with Crippen molar-refractivity contribution in [3.05, 3.63) is 54.1 Å². The zero-order valence-corrected chi connectivity index (χ0v) is 23.0. The number of anilines is 4. The standard InChI is InChI=1S/C29H38FN7O2/c1-20-13-22(15-23(14-20)34-9-11-35(12-10-34)24-17-39-18-24)32-28-31-19-37(33-28)27-25(30)5-4-6-26(27)36-8-7-21(16-36)29(2,3)38/h4-6,13-15,19,21,24,38H,7-12,16-18H2,1-3H3,(H,32,33)/t21-/m1/s1. The van der Waals surface area contributed by atoms with Gasteiger partial charge in [-0.05, 0) is 63.1 Å². The first-order valence-corrected chi connectivity index (χ1v) is 13.9. The van der Waals surface area contributed by atoms with Crippen LogP contribution in [0.1, 0.15) is 25.8 Å². The van der Waals surface area contributed by atoms with E-state index in [0.29, 0.717) is 24.2 Å². The molecule has 3 aliphatic heterocycles. The lowest BCUT2D eigenvalue weighted by atomic mass is 9.90. The molecule has 2 N–H and O–H groups in total. The zero-order chi connectivity index (χ0) is 27.1. The number of piperazine rings is 1. The van der Waals surface area contributed by atoms with Crippen molar-refractivity contribution in [3.63, 3.8) is 0 Å². The minimum atomic E-state index is -0.779. The van der Waals surface area contributed by atoms with Crippen LogP contribution in [0.5, 0.6) is 0 Å². The molecule has 208 valence electrons. The Balaban J connectivity index is 1.18. The van der Waals surface area contributed by atoms with Gasteiger partial charge in [-0.15, -0.1) is 5.10 Å². The lowest BCUT2D eigenvalue weighted by Crippen LogP contribution is -2.56. The van der Waals surface area contributed by atoms with Gasteiger partial charge in [0, 0.05) is 56.6 Å². The second-order valence-electron chi connectivity index (χ2n) is 11.6. The van der Waals surface area contributed by atoms with Crippen LogP contribution in [0, 0.1) is 18.7 Å². The van der Waals surface area contributed by atoms with E-state index in [1.54, 1.807) is 12.4 Å². The van der Waals surface area contributed by atoms with E-state index in [1.165, 1.54) is 16.4 Å². The maximum Gasteiger partial charge on any atom is 0.246 e.